The summed E-state index contributed by atoms with van der Waals surface area (Å²) in [6, 6.07) is 0. The molecule has 66 valence electrons. The summed E-state index contributed by atoms with van der Waals surface area (Å²) in [5.74, 6) is -0.881. The van der Waals surface area contributed by atoms with E-state index in [1.807, 2.05) is 20.8 Å². The lowest BCUT2D eigenvalue weighted by molar-refractivity contribution is -0.145. The molecule has 0 saturated carbocycles. The van der Waals surface area contributed by atoms with Crippen LogP contribution in [-0.4, -0.2) is 15.5 Å². The number of alkyl halides is 1. The van der Waals surface area contributed by atoms with Crippen LogP contribution in [0, 0.1) is 11.3 Å². The lowest BCUT2D eigenvalue weighted by Crippen LogP contribution is -2.28. The number of hydrogen-bond acceptors (Lipinski definition) is 1. The topological polar surface area (TPSA) is 37.3 Å². The zero-order chi connectivity index (χ0) is 9.07. The minimum Gasteiger partial charge on any atom is -0.481 e. The third kappa shape index (κ3) is 3.94. The van der Waals surface area contributed by atoms with E-state index in [0.29, 0.717) is 0 Å². The van der Waals surface area contributed by atoms with Gasteiger partial charge in [0.2, 0.25) is 0 Å². The van der Waals surface area contributed by atoms with Gasteiger partial charge in [-0.05, 0) is 11.8 Å². The van der Waals surface area contributed by atoms with Crippen LogP contribution in [0.4, 0.5) is 0 Å². The molecule has 1 atom stereocenters. The first-order valence-corrected chi connectivity index (χ1v) is 5.21. The molecule has 0 heterocycles. The molecule has 0 aliphatic heterocycles. The molecule has 0 saturated heterocycles. The van der Waals surface area contributed by atoms with Crippen LogP contribution < -0.4 is 0 Å². The number of carboxylic acids is 1. The molecule has 0 aromatic heterocycles. The molecule has 3 heteroatoms. The molecule has 0 aromatic carbocycles. The van der Waals surface area contributed by atoms with Crippen molar-refractivity contribution >= 4 is 28.6 Å². The van der Waals surface area contributed by atoms with Crippen LogP contribution in [0.1, 0.15) is 27.2 Å². The predicted molar refractivity (Wildman–Crippen MR) is 54.1 cm³/mol. The summed E-state index contributed by atoms with van der Waals surface area (Å²) < 4.78 is 0.909. The predicted octanol–water partition coefficient (Wildman–Crippen LogP) is 2.56. The Hall–Kier alpha value is 0.200. The van der Waals surface area contributed by atoms with Crippen molar-refractivity contribution in [3.8, 4) is 0 Å². The van der Waals surface area contributed by atoms with Gasteiger partial charge in [-0.3, -0.25) is 4.79 Å². The van der Waals surface area contributed by atoms with E-state index in [2.05, 4.69) is 22.6 Å². The van der Waals surface area contributed by atoms with Gasteiger partial charge in [0.05, 0.1) is 5.92 Å². The van der Waals surface area contributed by atoms with Crippen LogP contribution in [-0.2, 0) is 4.79 Å². The van der Waals surface area contributed by atoms with E-state index in [1.165, 1.54) is 0 Å². The fourth-order valence-electron chi connectivity index (χ4n) is 1.04. The Morgan fingerprint density at radius 1 is 1.55 bits per heavy atom. The summed E-state index contributed by atoms with van der Waals surface area (Å²) in [5.41, 5.74) is -0.114. The van der Waals surface area contributed by atoms with E-state index in [4.69, 9.17) is 5.11 Å². The van der Waals surface area contributed by atoms with Crippen LogP contribution in [0.2, 0.25) is 0 Å². The number of halogens is 1. The van der Waals surface area contributed by atoms with Gasteiger partial charge < -0.3 is 5.11 Å². The fraction of sp³-hybridized carbons (Fsp3) is 0.875. The van der Waals surface area contributed by atoms with Crippen LogP contribution >= 0.6 is 22.6 Å². The van der Waals surface area contributed by atoms with Gasteiger partial charge in [-0.25, -0.2) is 0 Å². The molecular formula is C8H15IO2. The monoisotopic (exact) mass is 270 g/mol. The summed E-state index contributed by atoms with van der Waals surface area (Å²) >= 11 is 2.21. The van der Waals surface area contributed by atoms with E-state index in [-0.39, 0.29) is 11.3 Å². The molecular weight excluding hydrogens is 255 g/mol. The number of aliphatic carboxylic acids is 1. The Balaban J connectivity index is 4.22. The Morgan fingerprint density at radius 3 is 2.09 bits per heavy atom. The van der Waals surface area contributed by atoms with Gasteiger partial charge in [0.25, 0.3) is 0 Å². The Bertz CT molecular complexity index is 138. The van der Waals surface area contributed by atoms with Gasteiger partial charge >= 0.3 is 5.97 Å². The summed E-state index contributed by atoms with van der Waals surface area (Å²) in [4.78, 5) is 10.7. The van der Waals surface area contributed by atoms with E-state index in [0.717, 1.165) is 10.8 Å². The first-order valence-electron chi connectivity index (χ1n) is 3.68. The number of rotatable bonds is 3. The third-order valence-corrected chi connectivity index (χ3v) is 2.36. The molecule has 0 bridgehead atoms. The van der Waals surface area contributed by atoms with Gasteiger partial charge in [0.1, 0.15) is 0 Å². The van der Waals surface area contributed by atoms with Gasteiger partial charge in [-0.2, -0.15) is 0 Å². The maximum atomic E-state index is 10.7. The summed E-state index contributed by atoms with van der Waals surface area (Å²) in [6.45, 7) is 5.91. The van der Waals surface area contributed by atoms with E-state index >= 15 is 0 Å². The summed E-state index contributed by atoms with van der Waals surface area (Å²) in [5, 5.41) is 8.84. The first-order chi connectivity index (χ1) is 4.89. The van der Waals surface area contributed by atoms with Crippen LogP contribution in [0.25, 0.3) is 0 Å². The van der Waals surface area contributed by atoms with Crippen molar-refractivity contribution in [3.05, 3.63) is 0 Å². The van der Waals surface area contributed by atoms with Crippen molar-refractivity contribution < 1.29 is 9.90 Å². The Kier molecular flexibility index (Phi) is 4.36. The minimum absolute atomic E-state index is 0.114. The van der Waals surface area contributed by atoms with Crippen LogP contribution in [0.15, 0.2) is 0 Å². The lowest BCUT2D eigenvalue weighted by Gasteiger charge is -2.26. The average Bonchev–Trinajstić information content (AvgIpc) is 1.79. The average molecular weight is 270 g/mol. The molecule has 1 unspecified atom stereocenters. The molecule has 0 spiro atoms. The number of carboxylic acid groups (broad SMARTS) is 1. The molecule has 0 amide bonds. The number of carbonyl (C=O) groups is 1. The lowest BCUT2D eigenvalue weighted by atomic mass is 9.79. The molecule has 0 fully saturated rings. The highest BCUT2D eigenvalue weighted by molar-refractivity contribution is 14.1. The van der Waals surface area contributed by atoms with Crippen LogP contribution in [0.5, 0.6) is 0 Å². The molecule has 11 heavy (non-hydrogen) atoms. The van der Waals surface area contributed by atoms with Gasteiger partial charge in [0.15, 0.2) is 0 Å². The van der Waals surface area contributed by atoms with Crippen molar-refractivity contribution in [1.82, 2.24) is 0 Å². The second-order valence-corrected chi connectivity index (χ2v) is 4.81. The highest BCUT2D eigenvalue weighted by Gasteiger charge is 2.29. The quantitative estimate of drug-likeness (QED) is 0.632. The van der Waals surface area contributed by atoms with E-state index in [9.17, 15) is 4.79 Å². The first kappa shape index (κ1) is 11.2. The highest BCUT2D eigenvalue weighted by Crippen LogP contribution is 2.29. The SMILES string of the molecule is CC(C)(C)C(CCI)C(=O)O. The summed E-state index contributed by atoms with van der Waals surface area (Å²) in [7, 11) is 0. The molecule has 0 aliphatic carbocycles. The maximum Gasteiger partial charge on any atom is 0.307 e. The largest absolute Gasteiger partial charge is 0.481 e. The third-order valence-electron chi connectivity index (χ3n) is 1.74. The Morgan fingerprint density at radius 2 is 2.00 bits per heavy atom. The molecule has 0 rings (SSSR count). The van der Waals surface area contributed by atoms with E-state index in [1.54, 1.807) is 0 Å². The second kappa shape index (κ2) is 4.28. The normalized spacial score (nSPS) is 14.5. The van der Waals surface area contributed by atoms with Gasteiger partial charge in [-0.1, -0.05) is 43.4 Å². The van der Waals surface area contributed by atoms with E-state index < -0.39 is 5.97 Å². The molecule has 0 aromatic rings. The van der Waals surface area contributed by atoms with Gasteiger partial charge in [-0.15, -0.1) is 0 Å². The molecule has 0 radical (unpaired) electrons. The van der Waals surface area contributed by atoms with Crippen molar-refractivity contribution in [3.63, 3.8) is 0 Å². The second-order valence-electron chi connectivity index (χ2n) is 3.73. The maximum absolute atomic E-state index is 10.7. The minimum atomic E-state index is -0.672. The number of hydrogen-bond donors (Lipinski definition) is 1. The fourth-order valence-corrected chi connectivity index (χ4v) is 1.66. The molecule has 0 aliphatic rings. The van der Waals surface area contributed by atoms with Crippen molar-refractivity contribution in [2.24, 2.45) is 11.3 Å². The van der Waals surface area contributed by atoms with Crippen molar-refractivity contribution in [1.29, 1.82) is 0 Å². The van der Waals surface area contributed by atoms with Crippen molar-refractivity contribution in [2.45, 2.75) is 27.2 Å². The standard InChI is InChI=1S/C8H15IO2/c1-8(2,3)6(4-5-9)7(10)11/h6H,4-5H2,1-3H3,(H,10,11). The zero-order valence-electron chi connectivity index (χ0n) is 7.22. The highest BCUT2D eigenvalue weighted by atomic mass is 127. The van der Waals surface area contributed by atoms with Crippen LogP contribution in [0.3, 0.4) is 0 Å². The smallest absolute Gasteiger partial charge is 0.307 e. The zero-order valence-corrected chi connectivity index (χ0v) is 9.38. The van der Waals surface area contributed by atoms with Gasteiger partial charge in [0, 0.05) is 4.43 Å². The molecule has 1 N–H and O–H groups in total. The molecule has 2 nitrogen and oxygen atoms in total. The summed E-state index contributed by atoms with van der Waals surface area (Å²) in [6.07, 6.45) is 0.763. The Labute approximate surface area is 81.5 Å². The van der Waals surface area contributed by atoms with Crippen molar-refractivity contribution in [2.75, 3.05) is 4.43 Å².